The number of nitrogens with zero attached hydrogens (tertiary/aromatic N) is 4. The van der Waals surface area contributed by atoms with E-state index >= 15 is 0 Å². The maximum atomic E-state index is 12.4. The van der Waals surface area contributed by atoms with Gasteiger partial charge in [0.1, 0.15) is 12.1 Å². The molecule has 17 nitrogen and oxygen atoms in total. The van der Waals surface area contributed by atoms with Gasteiger partial charge in [0, 0.05) is 24.9 Å². The fourth-order valence-corrected chi connectivity index (χ4v) is 7.78. The van der Waals surface area contributed by atoms with Gasteiger partial charge in [-0.3, -0.25) is 28.9 Å². The van der Waals surface area contributed by atoms with Crippen molar-refractivity contribution in [2.24, 2.45) is 11.8 Å². The molecular formula is C28H42N6O11S. The van der Waals surface area contributed by atoms with Crippen LogP contribution in [0.2, 0.25) is 0 Å². The number of hydrogen-bond acceptors (Lipinski definition) is 10. The van der Waals surface area contributed by atoms with E-state index in [9.17, 15) is 42.4 Å². The minimum absolute atomic E-state index is 0.00288. The molecule has 4 atom stereocenters. The molecule has 0 aromatic carbocycles. The van der Waals surface area contributed by atoms with Crippen molar-refractivity contribution in [1.29, 1.82) is 0 Å². The molecule has 2 aliphatic carbocycles. The molecule has 4 bridgehead atoms. The molecule has 46 heavy (non-hydrogen) atoms. The highest BCUT2D eigenvalue weighted by molar-refractivity contribution is 7.80. The number of carbonyl (C=O) groups excluding carboxylic acids is 6. The second-order valence-corrected chi connectivity index (χ2v) is 13.9. The zero-order valence-corrected chi connectivity index (χ0v) is 26.4. The number of rotatable bonds is 10. The van der Waals surface area contributed by atoms with Crippen LogP contribution in [0.1, 0.15) is 77.0 Å². The molecule has 4 N–H and O–H groups in total. The van der Waals surface area contributed by atoms with E-state index in [-0.39, 0.29) is 55.0 Å². The first-order valence-electron chi connectivity index (χ1n) is 16.0. The van der Waals surface area contributed by atoms with E-state index in [0.29, 0.717) is 37.3 Å². The number of ketones is 2. The van der Waals surface area contributed by atoms with E-state index < -0.39 is 46.5 Å². The van der Waals surface area contributed by atoms with E-state index in [4.69, 9.17) is 4.55 Å². The van der Waals surface area contributed by atoms with Gasteiger partial charge in [-0.25, -0.2) is 14.7 Å². The number of fused-ring (bicyclic) bond motifs is 4. The van der Waals surface area contributed by atoms with Gasteiger partial charge in [0.2, 0.25) is 11.8 Å². The summed E-state index contributed by atoms with van der Waals surface area (Å²) in [5.41, 5.74) is 0. The molecule has 2 saturated carbocycles. The first kappa shape index (κ1) is 34.0. The Morgan fingerprint density at radius 1 is 0.696 bits per heavy atom. The Morgan fingerprint density at radius 2 is 1.13 bits per heavy atom. The minimum Gasteiger partial charge on any atom is -0.347 e. The van der Waals surface area contributed by atoms with Crippen LogP contribution in [0.3, 0.4) is 0 Å². The predicted octanol–water partition coefficient (Wildman–Crippen LogP) is 0.385. The summed E-state index contributed by atoms with van der Waals surface area (Å²) in [6, 6.07) is -3.40. The van der Waals surface area contributed by atoms with Crippen molar-refractivity contribution >= 4 is 45.8 Å². The minimum atomic E-state index is -4.81. The largest absolute Gasteiger partial charge is 0.418 e. The van der Waals surface area contributed by atoms with Crippen LogP contribution >= 0.6 is 0 Å². The Hall–Kier alpha value is -3.35. The number of hydroxylamine groups is 4. The average Bonchev–Trinajstić information content (AvgIpc) is 3.84. The fourth-order valence-electron chi connectivity index (χ4n) is 7.40. The number of piperidine rings is 2. The SMILES string of the molecule is O=C(CNC(=O)[C@@H]1CC[C@@H]2CN1C(=O)N2O)C1CCCC1.O=C(CNC(=O)[C@@H]1CC[C@@H]2CN1C(=O)N2OS(=O)(=O)O)C1CCCC1. The van der Waals surface area contributed by atoms with Crippen molar-refractivity contribution in [2.45, 2.75) is 101 Å². The smallest absolute Gasteiger partial charge is 0.347 e. The van der Waals surface area contributed by atoms with Crippen LogP contribution in [-0.4, -0.2) is 124 Å². The molecule has 18 heteroatoms. The molecule has 6 amide bonds. The van der Waals surface area contributed by atoms with Gasteiger partial charge in [-0.1, -0.05) is 25.7 Å². The van der Waals surface area contributed by atoms with Gasteiger partial charge < -0.3 is 20.4 Å². The van der Waals surface area contributed by atoms with Gasteiger partial charge in [-0.05, 0) is 51.4 Å². The van der Waals surface area contributed by atoms with Crippen molar-refractivity contribution in [3.05, 3.63) is 0 Å². The second kappa shape index (κ2) is 14.2. The van der Waals surface area contributed by atoms with Gasteiger partial charge in [0.15, 0.2) is 11.6 Å². The molecule has 0 aromatic rings. The van der Waals surface area contributed by atoms with Crippen LogP contribution in [0.25, 0.3) is 0 Å². The molecule has 6 fully saturated rings. The molecule has 256 valence electrons. The van der Waals surface area contributed by atoms with E-state index in [2.05, 4.69) is 14.9 Å². The van der Waals surface area contributed by atoms with Crippen LogP contribution in [0, 0.1) is 11.8 Å². The normalized spacial score (nSPS) is 28.0. The fraction of sp³-hybridized carbons (Fsp3) is 0.786. The van der Waals surface area contributed by atoms with Gasteiger partial charge in [-0.2, -0.15) is 13.5 Å². The molecule has 4 heterocycles. The Kier molecular flexibility index (Phi) is 10.5. The topological polar surface area (TPSA) is 223 Å². The number of urea groups is 2. The zero-order valence-electron chi connectivity index (χ0n) is 25.5. The summed E-state index contributed by atoms with van der Waals surface area (Å²) in [5.74, 6) is -0.546. The standard InChI is InChI=1S/C14H21N3O7S.C14H21N3O4/c18-12(9-3-1-2-4-9)7-15-13(19)11-6-5-10-8-16(11)14(20)17(10)24-25(21,22)23;18-12(9-3-1-2-4-9)7-15-13(19)11-6-5-10-8-16(11)14(20)17(10)21/h9-11H,1-8H2,(H,15,19)(H,21,22,23);9-11,21H,1-8H2,(H,15,19)/t2*10-,11+/m11/s1. The number of Topliss-reactive ketones (excluding diaryl/α,β-unsaturated/α-hetero) is 2. The molecular weight excluding hydrogens is 628 g/mol. The maximum Gasteiger partial charge on any atom is 0.418 e. The molecule has 6 aliphatic rings. The van der Waals surface area contributed by atoms with E-state index in [1.165, 1.54) is 9.80 Å². The lowest BCUT2D eigenvalue weighted by molar-refractivity contribution is -0.129. The predicted molar refractivity (Wildman–Crippen MR) is 156 cm³/mol. The average molecular weight is 671 g/mol. The third-order valence-electron chi connectivity index (χ3n) is 9.94. The van der Waals surface area contributed by atoms with Crippen molar-refractivity contribution in [1.82, 2.24) is 30.6 Å². The van der Waals surface area contributed by atoms with Crippen LogP contribution < -0.4 is 10.6 Å². The van der Waals surface area contributed by atoms with Gasteiger partial charge >= 0.3 is 22.5 Å². The summed E-state index contributed by atoms with van der Waals surface area (Å²) in [5, 5.41) is 16.1. The Bertz CT molecular complexity index is 1330. The van der Waals surface area contributed by atoms with Crippen LogP contribution in [-0.2, 0) is 33.9 Å². The zero-order chi connectivity index (χ0) is 33.2. The Morgan fingerprint density at radius 3 is 1.61 bits per heavy atom. The monoisotopic (exact) mass is 670 g/mol. The third-order valence-corrected chi connectivity index (χ3v) is 10.3. The van der Waals surface area contributed by atoms with Crippen LogP contribution in [0.5, 0.6) is 0 Å². The molecule has 0 spiro atoms. The van der Waals surface area contributed by atoms with Gasteiger partial charge in [0.25, 0.3) is 0 Å². The van der Waals surface area contributed by atoms with E-state index in [0.717, 1.165) is 56.4 Å². The van der Waals surface area contributed by atoms with Crippen LogP contribution in [0.15, 0.2) is 0 Å². The first-order chi connectivity index (χ1) is 21.8. The van der Waals surface area contributed by atoms with Gasteiger partial charge in [-0.15, -0.1) is 4.28 Å². The van der Waals surface area contributed by atoms with Crippen molar-refractivity contribution in [3.63, 3.8) is 0 Å². The molecule has 0 aromatic heterocycles. The van der Waals surface area contributed by atoms with Crippen molar-refractivity contribution < 1.29 is 51.2 Å². The van der Waals surface area contributed by atoms with E-state index in [1.807, 2.05) is 0 Å². The van der Waals surface area contributed by atoms with E-state index in [1.54, 1.807) is 0 Å². The first-order valence-corrected chi connectivity index (χ1v) is 17.4. The lowest BCUT2D eigenvalue weighted by Gasteiger charge is -2.29. The third kappa shape index (κ3) is 7.61. The van der Waals surface area contributed by atoms with Crippen LogP contribution in [0.4, 0.5) is 9.59 Å². The van der Waals surface area contributed by atoms with Gasteiger partial charge in [0.05, 0.1) is 25.2 Å². The molecule has 0 radical (unpaired) electrons. The van der Waals surface area contributed by atoms with Crippen molar-refractivity contribution in [3.8, 4) is 0 Å². The maximum absolute atomic E-state index is 12.4. The Labute approximate surface area is 266 Å². The highest BCUT2D eigenvalue weighted by atomic mass is 32.3. The number of carbonyl (C=O) groups is 6. The number of amides is 6. The summed E-state index contributed by atoms with van der Waals surface area (Å²) in [7, 11) is -4.81. The quantitative estimate of drug-likeness (QED) is 0.184. The molecule has 4 saturated heterocycles. The highest BCUT2D eigenvalue weighted by Gasteiger charge is 2.49. The number of hydrogen-bond donors (Lipinski definition) is 4. The summed E-state index contributed by atoms with van der Waals surface area (Å²) >= 11 is 0. The Balaban J connectivity index is 0.000000184. The summed E-state index contributed by atoms with van der Waals surface area (Å²) in [6.07, 6.45) is 9.58. The summed E-state index contributed by atoms with van der Waals surface area (Å²) in [4.78, 5) is 75.2. The summed E-state index contributed by atoms with van der Waals surface area (Å²) in [6.45, 7) is 0.498. The lowest BCUT2D eigenvalue weighted by atomic mass is 9.99. The summed E-state index contributed by atoms with van der Waals surface area (Å²) < 4.78 is 34.8. The molecule has 6 rings (SSSR count). The number of nitrogens with one attached hydrogen (secondary N) is 2. The second-order valence-electron chi connectivity index (χ2n) is 12.9. The lowest BCUT2D eigenvalue weighted by Crippen LogP contribution is -2.50. The van der Waals surface area contributed by atoms with Crippen molar-refractivity contribution in [2.75, 3.05) is 26.2 Å². The molecule has 0 unspecified atom stereocenters. The molecule has 4 aliphatic heterocycles. The highest BCUT2D eigenvalue weighted by Crippen LogP contribution is 2.31.